The van der Waals surface area contributed by atoms with Crippen LogP contribution in [0.3, 0.4) is 0 Å². The summed E-state index contributed by atoms with van der Waals surface area (Å²) in [5.74, 6) is 2.42. The molecule has 0 aliphatic carbocycles. The molecule has 0 aromatic rings. The van der Waals surface area contributed by atoms with Crippen LogP contribution in [0.4, 0.5) is 0 Å². The Bertz CT molecular complexity index is 102. The minimum atomic E-state index is -0.229. The summed E-state index contributed by atoms with van der Waals surface area (Å²) in [7, 11) is 0. The summed E-state index contributed by atoms with van der Waals surface area (Å²) in [4.78, 5) is 0. The van der Waals surface area contributed by atoms with Crippen LogP contribution < -0.4 is 27.2 Å². The van der Waals surface area contributed by atoms with E-state index in [-0.39, 0.29) is 21.5 Å². The fourth-order valence-electron chi connectivity index (χ4n) is 0.0952. The Morgan fingerprint density at radius 2 is 2.57 bits per heavy atom. The van der Waals surface area contributed by atoms with Gasteiger partial charge in [0, 0.05) is 0 Å². The predicted molar refractivity (Wildman–Crippen MR) is 26.4 cm³/mol. The molecule has 0 aromatic carbocycles. The van der Waals surface area contributed by atoms with E-state index in [1.807, 2.05) is 4.08 Å². The van der Waals surface area contributed by atoms with Crippen molar-refractivity contribution in [3.8, 4) is 0 Å². The second-order valence-electron chi connectivity index (χ2n) is 0.659. The average Bonchev–Trinajstić information content (AvgIpc) is 1.69. The Balaban J connectivity index is 3.15. The average molecular weight is 209 g/mol. The molecule has 40 valence electrons. The molecular weight excluding hydrogens is 203 g/mol. The van der Waals surface area contributed by atoms with Crippen molar-refractivity contribution in [1.29, 1.82) is 0 Å². The molecule has 2 N–H and O–H groups in total. The van der Waals surface area contributed by atoms with Crippen LogP contribution in [-0.4, -0.2) is 5.87 Å². The van der Waals surface area contributed by atoms with Gasteiger partial charge < -0.3 is 0 Å². The zero-order valence-electron chi connectivity index (χ0n) is 3.76. The summed E-state index contributed by atoms with van der Waals surface area (Å²) in [5.41, 5.74) is 5.01. The van der Waals surface area contributed by atoms with Gasteiger partial charge in [-0.05, 0) is 0 Å². The molecule has 0 aliphatic heterocycles. The summed E-state index contributed by atoms with van der Waals surface area (Å²) >= 11 is -0.229. The van der Waals surface area contributed by atoms with Crippen molar-refractivity contribution < 1.29 is 21.5 Å². The molecule has 0 spiro atoms. The first-order chi connectivity index (χ1) is 3.41. The van der Waals surface area contributed by atoms with Crippen LogP contribution in [-0.2, 0) is 0 Å². The van der Waals surface area contributed by atoms with Gasteiger partial charge >= 0.3 is 53.1 Å². The molecule has 2 nitrogen and oxygen atoms in total. The monoisotopic (exact) mass is 209 g/mol. The van der Waals surface area contributed by atoms with Crippen LogP contribution in [0, 0.1) is 0 Å². The molecule has 0 atom stereocenters. The number of nitrogens with zero attached hydrogens (tertiary/aromatic N) is 1. The quantitative estimate of drug-likeness (QED) is 0.389. The van der Waals surface area contributed by atoms with Crippen LogP contribution >= 0.6 is 0 Å². The molecule has 0 fully saturated rings. The second-order valence-corrected chi connectivity index (χ2v) is 2.42. The normalized spacial score (nSPS) is 9.14. The molecule has 0 aromatic heterocycles. The van der Waals surface area contributed by atoms with E-state index < -0.39 is 0 Å². The van der Waals surface area contributed by atoms with Crippen molar-refractivity contribution in [2.75, 3.05) is 0 Å². The number of rotatable bonds is 2. The Morgan fingerprint density at radius 3 is 3.00 bits per heavy atom. The molecule has 0 bridgehead atoms. The second kappa shape index (κ2) is 5.72. The van der Waals surface area contributed by atoms with Crippen molar-refractivity contribution in [1.82, 2.24) is 0 Å². The Kier molecular flexibility index (Phi) is 5.49. The summed E-state index contributed by atoms with van der Waals surface area (Å²) in [6, 6.07) is 0. The Labute approximate surface area is 53.4 Å². The van der Waals surface area contributed by atoms with Gasteiger partial charge in [-0.2, -0.15) is 0 Å². The van der Waals surface area contributed by atoms with Crippen molar-refractivity contribution >= 4 is 5.87 Å². The van der Waals surface area contributed by atoms with E-state index in [1.165, 1.54) is 6.20 Å². The Morgan fingerprint density at radius 1 is 1.86 bits per heavy atom. The molecule has 0 saturated heterocycles. The van der Waals surface area contributed by atoms with Gasteiger partial charge in [-0.1, -0.05) is 0 Å². The Hall–Kier alpha value is -0.280. The molecule has 3 heteroatoms. The van der Waals surface area contributed by atoms with E-state index in [0.29, 0.717) is 0 Å². The van der Waals surface area contributed by atoms with Gasteiger partial charge in [-0.25, -0.2) is 0 Å². The van der Waals surface area contributed by atoms with Crippen molar-refractivity contribution in [3.63, 3.8) is 0 Å². The van der Waals surface area contributed by atoms with Gasteiger partial charge in [0.05, 0.1) is 0 Å². The fraction of sp³-hybridized carbons (Fsp3) is 0. The van der Waals surface area contributed by atoms with Gasteiger partial charge in [0.15, 0.2) is 0 Å². The van der Waals surface area contributed by atoms with Crippen LogP contribution in [0.5, 0.6) is 0 Å². The van der Waals surface area contributed by atoms with Crippen LogP contribution in [0.25, 0.3) is 0 Å². The topological polar surface area (TPSA) is 38.4 Å². The summed E-state index contributed by atoms with van der Waals surface area (Å²) < 4.78 is 5.57. The first kappa shape index (κ1) is 6.72. The van der Waals surface area contributed by atoms with Crippen LogP contribution in [0.2, 0.25) is 0 Å². The SMILES string of the molecule is C=C=N[I-]/C=C\N. The first-order valence-electron chi connectivity index (χ1n) is 1.63. The molecule has 0 saturated carbocycles. The van der Waals surface area contributed by atoms with Gasteiger partial charge in [-0.3, -0.25) is 0 Å². The zero-order chi connectivity index (χ0) is 5.54. The van der Waals surface area contributed by atoms with Crippen molar-refractivity contribution in [2.24, 2.45) is 8.94 Å². The molecule has 0 amide bonds. The van der Waals surface area contributed by atoms with Crippen LogP contribution in [0.1, 0.15) is 0 Å². The van der Waals surface area contributed by atoms with E-state index in [9.17, 15) is 0 Å². The van der Waals surface area contributed by atoms with Crippen molar-refractivity contribution in [2.45, 2.75) is 0 Å². The maximum atomic E-state index is 5.01. The fourth-order valence-corrected chi connectivity index (χ4v) is 0.639. The molecule has 0 rings (SSSR count). The van der Waals surface area contributed by atoms with Crippen molar-refractivity contribution in [3.05, 3.63) is 16.9 Å². The van der Waals surface area contributed by atoms with Gasteiger partial charge in [-0.15, -0.1) is 0 Å². The third-order valence-corrected chi connectivity index (χ3v) is 1.59. The molecule has 0 radical (unpaired) electrons. The van der Waals surface area contributed by atoms with Gasteiger partial charge in [0.25, 0.3) is 0 Å². The summed E-state index contributed by atoms with van der Waals surface area (Å²) in [6.45, 7) is 3.29. The number of nitrogens with two attached hydrogens (primary N) is 1. The van der Waals surface area contributed by atoms with E-state index in [2.05, 4.69) is 15.7 Å². The molecule has 0 unspecified atom stereocenters. The predicted octanol–water partition coefficient (Wildman–Crippen LogP) is -2.72. The third-order valence-electron chi connectivity index (χ3n) is 0.238. The van der Waals surface area contributed by atoms with Crippen LogP contribution in [0.15, 0.2) is 20.1 Å². The first-order valence-corrected chi connectivity index (χ1v) is 3.84. The molecule has 0 aliphatic rings. The summed E-state index contributed by atoms with van der Waals surface area (Å²) in [6.07, 6.45) is 1.49. The van der Waals surface area contributed by atoms with Gasteiger partial charge in [0.1, 0.15) is 0 Å². The number of hydrogen-bond donors (Lipinski definition) is 1. The van der Waals surface area contributed by atoms with E-state index in [1.54, 1.807) is 0 Å². The summed E-state index contributed by atoms with van der Waals surface area (Å²) in [5, 5.41) is 0. The zero-order valence-corrected chi connectivity index (χ0v) is 5.92. The van der Waals surface area contributed by atoms with Gasteiger partial charge in [0.2, 0.25) is 0 Å². The molecular formula is C4H6IN2-. The molecule has 7 heavy (non-hydrogen) atoms. The van der Waals surface area contributed by atoms with E-state index in [4.69, 9.17) is 5.73 Å². The number of hydrogen-bond acceptors (Lipinski definition) is 2. The number of halogens is 1. The maximum absolute atomic E-state index is 5.01. The third kappa shape index (κ3) is 5.72. The molecule has 0 heterocycles. The van der Waals surface area contributed by atoms with E-state index >= 15 is 0 Å². The van der Waals surface area contributed by atoms with E-state index in [0.717, 1.165) is 0 Å². The standard InChI is InChI=1S/C4H6IN2/c1-2-7-5-3-4-6/h3-4H,1,6H2/q-1/b4-3-. The minimum absolute atomic E-state index is 0.229.